The zero-order chi connectivity index (χ0) is 21.7. The molecular formula is C29H39NO. The second kappa shape index (κ2) is 9.94. The Balaban J connectivity index is 1.58. The van der Waals surface area contributed by atoms with Gasteiger partial charge in [0.05, 0.1) is 5.35 Å². The van der Waals surface area contributed by atoms with Crippen LogP contribution in [0.2, 0.25) is 0 Å². The molecule has 1 unspecified atom stereocenters. The molecule has 0 aliphatic heterocycles. The molecule has 1 heterocycles. The van der Waals surface area contributed by atoms with Crippen LogP contribution in [0.5, 0.6) is 0 Å². The Morgan fingerprint density at radius 1 is 1.03 bits per heavy atom. The predicted octanol–water partition coefficient (Wildman–Crippen LogP) is 6.50. The first-order valence-corrected chi connectivity index (χ1v) is 12.4. The van der Waals surface area contributed by atoms with E-state index >= 15 is 0 Å². The molecule has 4 rings (SSSR count). The predicted molar refractivity (Wildman–Crippen MR) is 131 cm³/mol. The quantitative estimate of drug-likeness (QED) is 0.439. The monoisotopic (exact) mass is 417 g/mol. The molecule has 0 radical (unpaired) electrons. The van der Waals surface area contributed by atoms with E-state index in [-0.39, 0.29) is 5.41 Å². The van der Waals surface area contributed by atoms with Crippen LogP contribution in [0, 0.1) is 5.41 Å². The standard InChI is InChI=1S/C29H39NO/c1-4-5-6-7-8-12-15-23-16-17-26(31-21-22-13-10-9-11-14-22)28-27(23)24-18-19-29(2,3)20-25(24)30-28/h9-11,13-14,16-17,20,23,30H,4-8,12,15,18-19,21H2,1-3H3. The molecule has 2 heteroatoms. The van der Waals surface area contributed by atoms with E-state index in [2.05, 4.69) is 74.3 Å². The first-order valence-electron chi connectivity index (χ1n) is 12.4. The number of ether oxygens (including phenoxy) is 1. The number of hydrogen-bond acceptors (Lipinski definition) is 1. The van der Waals surface area contributed by atoms with Gasteiger partial charge < -0.3 is 9.72 Å². The molecule has 0 spiro atoms. The van der Waals surface area contributed by atoms with Crippen molar-refractivity contribution in [2.45, 2.75) is 91.1 Å². The summed E-state index contributed by atoms with van der Waals surface area (Å²) in [5.41, 5.74) is 4.52. The Morgan fingerprint density at radius 3 is 2.61 bits per heavy atom. The summed E-state index contributed by atoms with van der Waals surface area (Å²) in [7, 11) is 0. The summed E-state index contributed by atoms with van der Waals surface area (Å²) in [6.45, 7) is 7.59. The average molecular weight is 418 g/mol. The SMILES string of the molecule is CCCCCCCCC1C=CC(OCc2ccccc2)=c2[nH]c3c(c21)CCC(C)(C)C=3. The molecule has 166 valence electrons. The van der Waals surface area contributed by atoms with Crippen molar-refractivity contribution in [3.05, 3.63) is 69.9 Å². The van der Waals surface area contributed by atoms with Crippen molar-refractivity contribution >= 4 is 11.8 Å². The molecule has 2 aliphatic rings. The van der Waals surface area contributed by atoms with Crippen LogP contribution in [0.4, 0.5) is 0 Å². The van der Waals surface area contributed by atoms with Crippen LogP contribution in [0.1, 0.15) is 94.7 Å². The van der Waals surface area contributed by atoms with E-state index in [0.717, 1.165) is 12.2 Å². The van der Waals surface area contributed by atoms with Crippen LogP contribution in [-0.2, 0) is 17.8 Å². The Bertz CT molecular complexity index is 1010. The minimum Gasteiger partial charge on any atom is -0.487 e. The number of rotatable bonds is 10. The molecule has 0 bridgehead atoms. The lowest BCUT2D eigenvalue weighted by Gasteiger charge is -2.25. The normalized spacial score (nSPS) is 18.9. The Morgan fingerprint density at radius 2 is 1.81 bits per heavy atom. The van der Waals surface area contributed by atoms with Gasteiger partial charge in [-0.05, 0) is 47.4 Å². The number of nitrogens with one attached hydrogen (secondary N) is 1. The summed E-state index contributed by atoms with van der Waals surface area (Å²) in [6, 6.07) is 10.5. The smallest absolute Gasteiger partial charge is 0.143 e. The van der Waals surface area contributed by atoms with Gasteiger partial charge in [-0.1, -0.05) is 102 Å². The van der Waals surface area contributed by atoms with E-state index in [9.17, 15) is 0 Å². The minimum atomic E-state index is 0.258. The Labute approximate surface area is 188 Å². The van der Waals surface area contributed by atoms with Gasteiger partial charge in [-0.15, -0.1) is 0 Å². The Kier molecular flexibility index (Phi) is 7.05. The maximum absolute atomic E-state index is 6.33. The highest BCUT2D eigenvalue weighted by Gasteiger charge is 2.27. The topological polar surface area (TPSA) is 25.0 Å². The first-order chi connectivity index (χ1) is 15.1. The summed E-state index contributed by atoms with van der Waals surface area (Å²) in [4.78, 5) is 3.78. The van der Waals surface area contributed by atoms with E-state index in [1.54, 1.807) is 0 Å². The van der Waals surface area contributed by atoms with Gasteiger partial charge >= 0.3 is 0 Å². The number of aromatic amines is 1. The van der Waals surface area contributed by atoms with E-state index in [1.165, 1.54) is 78.8 Å². The summed E-state index contributed by atoms with van der Waals surface area (Å²) >= 11 is 0. The zero-order valence-electron chi connectivity index (χ0n) is 19.7. The number of aromatic nitrogens is 1. The molecule has 0 saturated heterocycles. The highest BCUT2D eigenvalue weighted by molar-refractivity contribution is 5.58. The number of fused-ring (bicyclic) bond motifs is 3. The van der Waals surface area contributed by atoms with Crippen LogP contribution >= 0.6 is 0 Å². The van der Waals surface area contributed by atoms with Gasteiger partial charge in [-0.3, -0.25) is 0 Å². The fourth-order valence-corrected chi connectivity index (χ4v) is 5.10. The van der Waals surface area contributed by atoms with Crippen molar-refractivity contribution in [1.29, 1.82) is 0 Å². The van der Waals surface area contributed by atoms with Gasteiger partial charge in [0.1, 0.15) is 12.4 Å². The third-order valence-electron chi connectivity index (χ3n) is 6.94. The molecular weight excluding hydrogens is 378 g/mol. The van der Waals surface area contributed by atoms with Gasteiger partial charge in [0.2, 0.25) is 0 Å². The average Bonchev–Trinajstić information content (AvgIpc) is 3.13. The number of hydrogen-bond donors (Lipinski definition) is 1. The van der Waals surface area contributed by atoms with Crippen molar-refractivity contribution in [1.82, 2.24) is 4.98 Å². The number of unbranched alkanes of at least 4 members (excludes halogenated alkanes) is 5. The van der Waals surface area contributed by atoms with E-state index < -0.39 is 0 Å². The number of allylic oxidation sites excluding steroid dienone is 1. The fourth-order valence-electron chi connectivity index (χ4n) is 5.10. The third kappa shape index (κ3) is 5.34. The molecule has 2 nitrogen and oxygen atoms in total. The molecule has 31 heavy (non-hydrogen) atoms. The Hall–Kier alpha value is -2.22. The highest BCUT2D eigenvalue weighted by Crippen LogP contribution is 2.33. The van der Waals surface area contributed by atoms with E-state index in [1.807, 2.05) is 0 Å². The van der Waals surface area contributed by atoms with Crippen molar-refractivity contribution in [3.8, 4) is 0 Å². The van der Waals surface area contributed by atoms with Crippen molar-refractivity contribution in [2.75, 3.05) is 0 Å². The van der Waals surface area contributed by atoms with Crippen LogP contribution in [0.15, 0.2) is 42.5 Å². The lowest BCUT2D eigenvalue weighted by molar-refractivity contribution is 0.262. The highest BCUT2D eigenvalue weighted by atomic mass is 16.5. The molecule has 1 atom stereocenters. The molecule has 1 aromatic heterocycles. The second-order valence-corrected chi connectivity index (χ2v) is 10.1. The van der Waals surface area contributed by atoms with Gasteiger partial charge in [0, 0.05) is 11.3 Å². The molecule has 0 saturated carbocycles. The maximum atomic E-state index is 6.33. The van der Waals surface area contributed by atoms with Gasteiger partial charge in [-0.2, -0.15) is 0 Å². The molecule has 0 amide bonds. The van der Waals surface area contributed by atoms with E-state index in [0.29, 0.717) is 12.5 Å². The molecule has 1 aromatic carbocycles. The van der Waals surface area contributed by atoms with E-state index in [4.69, 9.17) is 4.74 Å². The van der Waals surface area contributed by atoms with Crippen LogP contribution in [0.3, 0.4) is 0 Å². The number of H-pyrrole nitrogens is 1. The largest absolute Gasteiger partial charge is 0.487 e. The van der Waals surface area contributed by atoms with Crippen molar-refractivity contribution in [3.63, 3.8) is 0 Å². The summed E-state index contributed by atoms with van der Waals surface area (Å²) < 4.78 is 6.33. The fraction of sp³-hybridized carbons (Fsp3) is 0.517. The van der Waals surface area contributed by atoms with Crippen molar-refractivity contribution < 1.29 is 4.74 Å². The van der Waals surface area contributed by atoms with Gasteiger partial charge in [0.15, 0.2) is 0 Å². The molecule has 1 N–H and O–H groups in total. The minimum absolute atomic E-state index is 0.258. The summed E-state index contributed by atoms with van der Waals surface area (Å²) in [6.07, 6.45) is 18.8. The molecule has 2 aromatic rings. The number of benzene rings is 1. The molecule has 0 fully saturated rings. The maximum Gasteiger partial charge on any atom is 0.143 e. The van der Waals surface area contributed by atoms with Crippen molar-refractivity contribution in [2.24, 2.45) is 5.41 Å². The van der Waals surface area contributed by atoms with Crippen LogP contribution < -0.4 is 10.7 Å². The zero-order valence-corrected chi connectivity index (χ0v) is 19.7. The summed E-state index contributed by atoms with van der Waals surface area (Å²) in [5, 5.41) is 2.56. The lowest BCUT2D eigenvalue weighted by Crippen LogP contribution is -2.24. The van der Waals surface area contributed by atoms with Crippen LogP contribution in [-0.4, -0.2) is 4.98 Å². The second-order valence-electron chi connectivity index (χ2n) is 10.1. The summed E-state index contributed by atoms with van der Waals surface area (Å²) in [5.74, 6) is 1.51. The van der Waals surface area contributed by atoms with Gasteiger partial charge in [-0.25, -0.2) is 0 Å². The molecule has 2 aliphatic carbocycles. The lowest BCUT2D eigenvalue weighted by atomic mass is 9.79. The first kappa shape index (κ1) is 22.0. The van der Waals surface area contributed by atoms with Gasteiger partial charge in [0.25, 0.3) is 0 Å². The van der Waals surface area contributed by atoms with Crippen LogP contribution in [0.25, 0.3) is 11.8 Å². The third-order valence-corrected chi connectivity index (χ3v) is 6.94.